The highest BCUT2D eigenvalue weighted by Crippen LogP contribution is 2.30. The first-order valence-corrected chi connectivity index (χ1v) is 39.7. The Bertz CT molecular complexity index is 5200. The number of carbonyl (C=O) groups excluding carboxylic acids is 4. The van der Waals surface area contributed by atoms with Crippen molar-refractivity contribution in [2.45, 2.75) is 72.5 Å². The number of carbonyl (C=O) groups is 4. The maximum absolute atomic E-state index is 13.5. The Hall–Kier alpha value is -11.0. The maximum Gasteiger partial charge on any atom is 0.263 e. The van der Waals surface area contributed by atoms with Crippen LogP contribution in [0.1, 0.15) is 57.5 Å². The molecular weight excluding hydrogens is 1470 g/mol. The van der Waals surface area contributed by atoms with E-state index in [-0.39, 0.29) is 81.6 Å². The molecule has 5 N–H and O–H groups in total. The SMILES string of the molecule is CC(C(=O)N1CCN(c2ccc(S(=O)(=O)Nc3nccs3)cc2)C(=O)C1)n1ccc2cc(F)ccc21.CC1CN(c2ccc(S(=O)(=O)Nc3nccs3)cc2)CCN1C(=O)C(C)n1ccc2cc(C#N)ccc21.Nc1ccncn1.O=C([C@H](O)CCc1ccccc1)N1CCN(c2ccc(S(=O)[O-])cc2)CC1.[HH].[HH].[HH].[HH].[HH]. The van der Waals surface area contributed by atoms with E-state index in [4.69, 9.17) is 11.0 Å². The van der Waals surface area contributed by atoms with Crippen LogP contribution < -0.4 is 29.9 Å². The third-order valence-electron chi connectivity index (χ3n) is 18.2. The van der Waals surface area contributed by atoms with Crippen molar-refractivity contribution in [3.05, 3.63) is 223 Å². The zero-order valence-corrected chi connectivity index (χ0v) is 62.3. The summed E-state index contributed by atoms with van der Waals surface area (Å²) in [6, 6.07) is 45.7. The summed E-state index contributed by atoms with van der Waals surface area (Å²) < 4.78 is 94.3. The average Bonchev–Trinajstić information content (AvgIpc) is 1.62. The molecule has 566 valence electrons. The Kier molecular flexibility index (Phi) is 25.2. The van der Waals surface area contributed by atoms with Crippen molar-refractivity contribution in [2.75, 3.05) is 95.3 Å². The number of nitrogen functional groups attached to an aromatic ring is 1. The van der Waals surface area contributed by atoms with Crippen molar-refractivity contribution in [1.29, 1.82) is 5.26 Å². The van der Waals surface area contributed by atoms with Gasteiger partial charge in [-0.3, -0.25) is 32.8 Å². The summed E-state index contributed by atoms with van der Waals surface area (Å²) in [5.41, 5.74) is 11.0. The molecule has 0 bridgehead atoms. The number of nitriles is 1. The van der Waals surface area contributed by atoms with E-state index in [0.29, 0.717) is 92.8 Å². The van der Waals surface area contributed by atoms with Crippen LogP contribution in [0.25, 0.3) is 21.8 Å². The Morgan fingerprint density at radius 3 is 1.76 bits per heavy atom. The van der Waals surface area contributed by atoms with Gasteiger partial charge < -0.3 is 53.9 Å². The van der Waals surface area contributed by atoms with Crippen molar-refractivity contribution in [1.82, 2.24) is 43.8 Å². The number of rotatable bonds is 18. The molecule has 27 nitrogen and oxygen atoms in total. The number of aliphatic hydroxyl groups is 1. The molecule has 11 aromatic rings. The van der Waals surface area contributed by atoms with E-state index in [1.165, 1.54) is 69.3 Å². The van der Waals surface area contributed by atoms with Gasteiger partial charge in [0, 0.05) is 158 Å². The number of halogens is 1. The molecule has 0 aliphatic carbocycles. The van der Waals surface area contributed by atoms with Crippen LogP contribution in [-0.4, -0.2) is 176 Å². The molecule has 0 saturated carbocycles. The summed E-state index contributed by atoms with van der Waals surface area (Å²) in [6.45, 7) is 10.4. The normalized spacial score (nSPS) is 15.8. The minimum absolute atomic E-state index is 0. The van der Waals surface area contributed by atoms with E-state index in [0.717, 1.165) is 33.4 Å². The van der Waals surface area contributed by atoms with E-state index in [9.17, 15) is 54.3 Å². The lowest BCUT2D eigenvalue weighted by molar-refractivity contribution is -0.140. The number of benzene rings is 6. The standard InChI is InChI=1S/C26H26N6O3S2.C24H22FN5O4S2.C20H24N2O4S.C4H5N3.5H2/c1-18-17-30(22-4-6-23(7-5-22)37(34,35)29-26-28-10-14-36-26)12-13-31(18)25(33)19(2)32-11-9-21-15-20(16-27)3-8-24(21)32;1-16(29-10-8-17-14-18(25)2-7-21(17)29)23(32)28-11-12-30(22(31)15-28)19-3-5-20(6-4-19)36(33,34)27-24-26-9-13-35-24;23-19(11-6-16-4-2-1-3-5-16)20(24)22-14-12-21(13-15-22)17-7-9-18(10-8-17)27(25)26;5-4-1-2-6-3-7-4;;;;;/h3-11,14-15,18-19H,12-13,17H2,1-2H3,(H,28,29);2-10,13-14,16H,11-12,15H2,1H3,(H,26,27);1-5,7-10,19,23H,6,11-15H2,(H,25,26);1-3H,(H2,5,6,7);5*1H/p-1/t;;19-;;;;;;/m..1....../s1. The molecule has 107 heavy (non-hydrogen) atoms. The number of aromatic nitrogens is 6. The van der Waals surface area contributed by atoms with Gasteiger partial charge in [0.25, 0.3) is 26.0 Å². The topological polar surface area (TPSA) is 352 Å². The number of sulfonamides is 2. The molecule has 6 aromatic carbocycles. The van der Waals surface area contributed by atoms with Gasteiger partial charge in [-0.2, -0.15) is 5.26 Å². The zero-order valence-electron chi connectivity index (χ0n) is 58.3. The lowest BCUT2D eigenvalue weighted by Gasteiger charge is -2.42. The highest BCUT2D eigenvalue weighted by atomic mass is 32.2. The smallest absolute Gasteiger partial charge is 0.263 e. The van der Waals surface area contributed by atoms with E-state index in [1.807, 2.05) is 78.0 Å². The van der Waals surface area contributed by atoms with Crippen LogP contribution in [0.4, 0.5) is 37.5 Å². The quantitative estimate of drug-likeness (QED) is 0.0580. The van der Waals surface area contributed by atoms with Crippen molar-refractivity contribution in [3.8, 4) is 6.07 Å². The summed E-state index contributed by atoms with van der Waals surface area (Å²) in [4.78, 5) is 78.6. The van der Waals surface area contributed by atoms with Gasteiger partial charge in [0.1, 0.15) is 42.7 Å². The zero-order chi connectivity index (χ0) is 75.9. The van der Waals surface area contributed by atoms with E-state index in [2.05, 4.69) is 45.2 Å². The molecule has 14 rings (SSSR count). The van der Waals surface area contributed by atoms with Crippen LogP contribution in [0.2, 0.25) is 0 Å². The fourth-order valence-corrected chi connectivity index (χ4v) is 16.4. The van der Waals surface area contributed by atoms with Gasteiger partial charge in [0.2, 0.25) is 17.7 Å². The van der Waals surface area contributed by atoms with Crippen LogP contribution in [0.5, 0.6) is 0 Å². The van der Waals surface area contributed by atoms with E-state index in [1.54, 1.807) is 131 Å². The number of nitrogens with two attached hydrogens (primary N) is 1. The predicted molar refractivity (Wildman–Crippen MR) is 419 cm³/mol. The van der Waals surface area contributed by atoms with Gasteiger partial charge in [-0.05, 0) is 178 Å². The molecular formula is C74H86FN16O11S5-. The third-order valence-corrected chi connectivity index (χ3v) is 23.2. The average molecular weight is 1550 g/mol. The number of anilines is 6. The number of aliphatic hydroxyl groups excluding tert-OH is 1. The van der Waals surface area contributed by atoms with Crippen LogP contribution in [0, 0.1) is 17.1 Å². The first kappa shape index (κ1) is 77.1. The molecule has 4 unspecified atom stereocenters. The predicted octanol–water partition coefficient (Wildman–Crippen LogP) is 10.4. The molecule has 3 aliphatic rings. The number of hydrogen-bond acceptors (Lipinski definition) is 21. The van der Waals surface area contributed by atoms with Crippen LogP contribution >= 0.6 is 22.7 Å². The number of fused-ring (bicyclic) bond motifs is 2. The highest BCUT2D eigenvalue weighted by Gasteiger charge is 2.34. The fraction of sp³-hybridized carbons (Fsp3) is 0.257. The van der Waals surface area contributed by atoms with Crippen molar-refractivity contribution >= 4 is 132 Å². The number of amides is 4. The molecule has 3 saturated heterocycles. The van der Waals surface area contributed by atoms with Crippen LogP contribution in [0.3, 0.4) is 0 Å². The molecule has 5 aromatic heterocycles. The first-order valence-electron chi connectivity index (χ1n) is 33.9. The summed E-state index contributed by atoms with van der Waals surface area (Å²) in [6.07, 6.45) is 9.80. The first-order chi connectivity index (χ1) is 51.4. The number of piperazine rings is 3. The molecule has 0 spiro atoms. The molecule has 3 fully saturated rings. The minimum atomic E-state index is -3.80. The summed E-state index contributed by atoms with van der Waals surface area (Å²) in [5.74, 6) is -0.485. The largest absolute Gasteiger partial charge is 0.768 e. The Morgan fingerprint density at radius 2 is 1.22 bits per heavy atom. The minimum Gasteiger partial charge on any atom is -0.768 e. The van der Waals surface area contributed by atoms with Gasteiger partial charge in [0.05, 0.1) is 21.4 Å². The van der Waals surface area contributed by atoms with Crippen molar-refractivity contribution in [2.24, 2.45) is 0 Å². The Balaban J connectivity index is 0.000000248. The van der Waals surface area contributed by atoms with Crippen molar-refractivity contribution < 1.29 is 61.4 Å². The number of thiazole rings is 2. The highest BCUT2D eigenvalue weighted by molar-refractivity contribution is 7.93. The number of nitrogens with one attached hydrogen (secondary N) is 2. The number of aryl methyl sites for hydroxylation is 1. The molecule has 5 atom stereocenters. The van der Waals surface area contributed by atoms with Crippen molar-refractivity contribution in [3.63, 3.8) is 0 Å². The lowest BCUT2D eigenvalue weighted by atomic mass is 10.1. The monoisotopic (exact) mass is 1550 g/mol. The lowest BCUT2D eigenvalue weighted by Crippen LogP contribution is -2.55. The summed E-state index contributed by atoms with van der Waals surface area (Å²) in [5, 5.41) is 25.0. The summed E-state index contributed by atoms with van der Waals surface area (Å²) >= 11 is 0.168. The third kappa shape index (κ3) is 19.4. The maximum atomic E-state index is 13.5. The Labute approximate surface area is 635 Å². The molecule has 4 amide bonds. The number of nitrogens with zero attached hydrogens (tertiary/aromatic N) is 13. The molecule has 8 heterocycles. The number of hydrogen-bond donors (Lipinski definition) is 4. The van der Waals surface area contributed by atoms with Gasteiger partial charge in [0.15, 0.2) is 10.3 Å². The van der Waals surface area contributed by atoms with Gasteiger partial charge in [-0.25, -0.2) is 41.2 Å². The fourth-order valence-electron chi connectivity index (χ4n) is 12.5. The van der Waals surface area contributed by atoms with E-state index >= 15 is 0 Å². The van der Waals surface area contributed by atoms with Gasteiger partial charge >= 0.3 is 0 Å². The molecule has 33 heteroatoms. The van der Waals surface area contributed by atoms with Crippen LogP contribution in [0.15, 0.2) is 220 Å². The van der Waals surface area contributed by atoms with Crippen LogP contribution in [-0.2, 0) is 56.7 Å². The second-order valence-electron chi connectivity index (χ2n) is 25.1. The molecule has 0 radical (unpaired) electrons. The molecule has 3 aliphatic heterocycles. The second-order valence-corrected chi connectivity index (χ2v) is 31.2. The van der Waals surface area contributed by atoms with E-state index < -0.39 is 43.3 Å². The Morgan fingerprint density at radius 1 is 0.673 bits per heavy atom. The second kappa shape index (κ2) is 34.9. The van der Waals surface area contributed by atoms with Gasteiger partial charge in [-0.1, -0.05) is 30.3 Å². The van der Waals surface area contributed by atoms with Gasteiger partial charge in [-0.15, -0.1) is 22.7 Å². The summed E-state index contributed by atoms with van der Waals surface area (Å²) in [7, 11) is -7.50.